The first kappa shape index (κ1) is 15.9. The van der Waals surface area contributed by atoms with E-state index in [4.69, 9.17) is 0 Å². The lowest BCUT2D eigenvalue weighted by atomic mass is 9.77. The molecule has 7 heteroatoms. The highest BCUT2D eigenvalue weighted by Crippen LogP contribution is 2.64. The molecule has 5 nitrogen and oxygen atoms in total. The zero-order valence-corrected chi connectivity index (χ0v) is 16.1. The second-order valence-electron chi connectivity index (χ2n) is 7.80. The van der Waals surface area contributed by atoms with Gasteiger partial charge >= 0.3 is 4.87 Å². The Morgan fingerprint density at radius 1 is 1.07 bits per heavy atom. The van der Waals surface area contributed by atoms with Gasteiger partial charge in [-0.2, -0.15) is 0 Å². The fourth-order valence-electron chi connectivity index (χ4n) is 5.37. The number of thiazole rings is 1. The first-order chi connectivity index (χ1) is 13.0. The second kappa shape index (κ2) is 5.23. The van der Waals surface area contributed by atoms with Crippen LogP contribution in [0.2, 0.25) is 0 Å². The summed E-state index contributed by atoms with van der Waals surface area (Å²) in [5.74, 6) is -0.298. The number of benzene rings is 1. The fourth-order valence-corrected chi connectivity index (χ4v) is 7.81. The molecule has 136 valence electrons. The quantitative estimate of drug-likeness (QED) is 0.752. The minimum absolute atomic E-state index is 0.0467. The van der Waals surface area contributed by atoms with Crippen molar-refractivity contribution in [3.63, 3.8) is 0 Å². The van der Waals surface area contributed by atoms with Gasteiger partial charge in [-0.05, 0) is 43.4 Å². The molecular formula is C20H16N2O3S2. The van der Waals surface area contributed by atoms with Gasteiger partial charge in [0.25, 0.3) is 0 Å². The minimum atomic E-state index is -0.246. The Bertz CT molecular complexity index is 1100. The number of fused-ring (bicyclic) bond motifs is 9. The number of nitrogens with one attached hydrogen (secondary N) is 1. The van der Waals surface area contributed by atoms with Crippen LogP contribution in [0.5, 0.6) is 0 Å². The number of hydrogen-bond acceptors (Lipinski definition) is 5. The Morgan fingerprint density at radius 2 is 1.81 bits per heavy atom. The van der Waals surface area contributed by atoms with E-state index in [9.17, 15) is 14.4 Å². The number of nitrogens with zero attached hydrogens (tertiary/aromatic N) is 1. The number of aryl methyl sites for hydroxylation is 1. The number of hydrogen-bond donors (Lipinski definition) is 1. The van der Waals surface area contributed by atoms with E-state index in [2.05, 4.69) is 11.1 Å². The second-order valence-corrected chi connectivity index (χ2v) is 9.96. The van der Waals surface area contributed by atoms with Crippen LogP contribution in [0.15, 0.2) is 39.7 Å². The predicted molar refractivity (Wildman–Crippen MR) is 105 cm³/mol. The number of H-pyrrole nitrogens is 1. The third-order valence-electron chi connectivity index (χ3n) is 6.44. The van der Waals surface area contributed by atoms with E-state index in [1.807, 2.05) is 31.2 Å². The van der Waals surface area contributed by atoms with E-state index in [0.717, 1.165) is 21.9 Å². The van der Waals surface area contributed by atoms with Crippen LogP contribution < -0.4 is 9.77 Å². The maximum atomic E-state index is 13.2. The Kier molecular flexibility index (Phi) is 3.08. The lowest BCUT2D eigenvalue weighted by molar-refractivity contribution is -0.123. The lowest BCUT2D eigenvalue weighted by Gasteiger charge is -2.32. The average Bonchev–Trinajstić information content (AvgIpc) is 3.35. The molecule has 1 saturated heterocycles. The summed E-state index contributed by atoms with van der Waals surface area (Å²) in [6.45, 7) is 1.99. The minimum Gasteiger partial charge on any atom is -0.307 e. The van der Waals surface area contributed by atoms with E-state index in [1.54, 1.807) is 11.8 Å². The van der Waals surface area contributed by atoms with Gasteiger partial charge in [0.2, 0.25) is 11.8 Å². The summed E-state index contributed by atoms with van der Waals surface area (Å²) in [7, 11) is 0. The maximum absolute atomic E-state index is 13.2. The smallest absolute Gasteiger partial charge is 0.305 e. The molecule has 2 aliphatic heterocycles. The molecule has 2 aliphatic carbocycles. The zero-order chi connectivity index (χ0) is 18.4. The van der Waals surface area contributed by atoms with Gasteiger partial charge < -0.3 is 4.98 Å². The van der Waals surface area contributed by atoms with Gasteiger partial charge in [-0.15, -0.1) is 0 Å². The number of aromatic nitrogens is 1. The third-order valence-corrected chi connectivity index (χ3v) is 8.83. The number of thioether (sulfide) groups is 1. The van der Waals surface area contributed by atoms with Gasteiger partial charge in [0.15, 0.2) is 0 Å². The molecule has 1 aromatic heterocycles. The molecule has 6 rings (SSSR count). The van der Waals surface area contributed by atoms with Crippen molar-refractivity contribution in [1.29, 1.82) is 0 Å². The van der Waals surface area contributed by atoms with E-state index < -0.39 is 0 Å². The van der Waals surface area contributed by atoms with Crippen LogP contribution in [0.4, 0.5) is 5.69 Å². The molecule has 1 N–H and O–H groups in total. The number of carbonyl (C=O) groups is 2. The topological polar surface area (TPSA) is 70.2 Å². The van der Waals surface area contributed by atoms with Crippen molar-refractivity contribution in [2.24, 2.45) is 23.7 Å². The summed E-state index contributed by atoms with van der Waals surface area (Å²) in [5, 5.41) is 1.11. The predicted octanol–water partition coefficient (Wildman–Crippen LogP) is 3.06. The summed E-state index contributed by atoms with van der Waals surface area (Å²) in [4.78, 5) is 43.4. The highest BCUT2D eigenvalue weighted by atomic mass is 32.2. The molecule has 2 amide bonds. The Balaban J connectivity index is 1.41. The van der Waals surface area contributed by atoms with Gasteiger partial charge in [0, 0.05) is 5.25 Å². The highest BCUT2D eigenvalue weighted by Gasteiger charge is 2.66. The van der Waals surface area contributed by atoms with Crippen LogP contribution in [-0.4, -0.2) is 22.0 Å². The molecule has 2 aromatic rings. The molecule has 0 radical (unpaired) electrons. The van der Waals surface area contributed by atoms with E-state index >= 15 is 0 Å². The van der Waals surface area contributed by atoms with Crippen LogP contribution >= 0.6 is 23.1 Å². The molecule has 5 atom stereocenters. The van der Waals surface area contributed by atoms with Crippen molar-refractivity contribution >= 4 is 46.7 Å². The molecule has 3 heterocycles. The number of imide groups is 1. The van der Waals surface area contributed by atoms with Gasteiger partial charge in [0.05, 0.1) is 27.4 Å². The van der Waals surface area contributed by atoms with Gasteiger partial charge in [-0.3, -0.25) is 19.3 Å². The number of carbonyl (C=O) groups excluding carboxylic acids is 2. The molecular weight excluding hydrogens is 380 g/mol. The molecule has 0 unspecified atom stereocenters. The van der Waals surface area contributed by atoms with Crippen molar-refractivity contribution in [2.45, 2.75) is 23.6 Å². The van der Waals surface area contributed by atoms with E-state index in [1.165, 1.54) is 21.8 Å². The zero-order valence-electron chi connectivity index (χ0n) is 14.5. The summed E-state index contributed by atoms with van der Waals surface area (Å²) in [6, 6.07) is 7.59. The summed E-state index contributed by atoms with van der Waals surface area (Å²) >= 11 is 2.89. The van der Waals surface area contributed by atoms with E-state index in [0.29, 0.717) is 5.69 Å². The largest absolute Gasteiger partial charge is 0.307 e. The Labute approximate surface area is 163 Å². The summed E-state index contributed by atoms with van der Waals surface area (Å²) in [6.07, 6.45) is 3.00. The third kappa shape index (κ3) is 1.99. The van der Waals surface area contributed by atoms with Gasteiger partial charge in [-0.1, -0.05) is 46.4 Å². The van der Waals surface area contributed by atoms with Crippen LogP contribution in [0.3, 0.4) is 0 Å². The van der Waals surface area contributed by atoms with Crippen molar-refractivity contribution in [2.75, 3.05) is 4.90 Å². The summed E-state index contributed by atoms with van der Waals surface area (Å²) < 4.78 is 0. The molecule has 2 saturated carbocycles. The first-order valence-electron chi connectivity index (χ1n) is 9.08. The van der Waals surface area contributed by atoms with Crippen LogP contribution in [0, 0.1) is 30.6 Å². The van der Waals surface area contributed by atoms with Gasteiger partial charge in [0.1, 0.15) is 0 Å². The lowest BCUT2D eigenvalue weighted by Crippen LogP contribution is -2.34. The fraction of sp³-hybridized carbons (Fsp3) is 0.350. The van der Waals surface area contributed by atoms with Crippen molar-refractivity contribution < 1.29 is 9.59 Å². The molecule has 3 fully saturated rings. The monoisotopic (exact) mass is 396 g/mol. The number of rotatable bonds is 1. The Morgan fingerprint density at radius 3 is 2.59 bits per heavy atom. The molecule has 0 spiro atoms. The molecule has 1 aromatic carbocycles. The van der Waals surface area contributed by atoms with Crippen LogP contribution in [-0.2, 0) is 9.59 Å². The molecule has 27 heavy (non-hydrogen) atoms. The standard InChI is InChI=1S/C20H16N2O3S2/c1-8-2-4-9(5-3-8)22-18(23)14-10-6-12(15(14)19(22)24)16-11(10)7-13-17(27-16)21-20(25)26-13/h2-5,7,10,12,14-16H,6H2,1H3,(H,21,25)/t10-,12+,14+,15-,16-/m1/s1. The van der Waals surface area contributed by atoms with Crippen LogP contribution in [0.25, 0.3) is 6.08 Å². The average molecular weight is 396 g/mol. The Hall–Kier alpha value is -2.12. The summed E-state index contributed by atoms with van der Waals surface area (Å²) in [5.41, 5.74) is 3.03. The van der Waals surface area contributed by atoms with Crippen molar-refractivity contribution in [3.05, 3.63) is 49.9 Å². The number of amides is 2. The number of anilines is 1. The van der Waals surface area contributed by atoms with Crippen molar-refractivity contribution in [1.82, 2.24) is 4.98 Å². The SMILES string of the molecule is Cc1ccc(N2C(=O)[C@@H]3[C@@H]4C[C@H](C5=Cc6sc(=O)[nH]c6S[C@H]54)[C@@H]3C2=O)cc1. The highest BCUT2D eigenvalue weighted by molar-refractivity contribution is 8.00. The number of aromatic amines is 1. The van der Waals surface area contributed by atoms with E-state index in [-0.39, 0.29) is 45.6 Å². The molecule has 2 bridgehead atoms. The van der Waals surface area contributed by atoms with Gasteiger partial charge in [-0.25, -0.2) is 0 Å². The molecule has 4 aliphatic rings. The first-order valence-corrected chi connectivity index (χ1v) is 10.8. The maximum Gasteiger partial charge on any atom is 0.305 e. The van der Waals surface area contributed by atoms with Crippen LogP contribution in [0.1, 0.15) is 16.9 Å². The normalized spacial score (nSPS) is 33.1. The van der Waals surface area contributed by atoms with Crippen molar-refractivity contribution in [3.8, 4) is 0 Å².